The highest BCUT2D eigenvalue weighted by Crippen LogP contribution is 2.49. The fraction of sp³-hybridized carbons (Fsp3) is 0.619. The zero-order valence-corrected chi connectivity index (χ0v) is 16.6. The summed E-state index contributed by atoms with van der Waals surface area (Å²) in [6.07, 6.45) is 3.68. The fourth-order valence-electron chi connectivity index (χ4n) is 4.50. The van der Waals surface area contributed by atoms with Crippen molar-refractivity contribution in [3.8, 4) is 5.75 Å². The molecule has 148 valence electrons. The van der Waals surface area contributed by atoms with Gasteiger partial charge in [-0.3, -0.25) is 14.5 Å². The van der Waals surface area contributed by atoms with Gasteiger partial charge < -0.3 is 15.2 Å². The maximum absolute atomic E-state index is 13.2. The van der Waals surface area contributed by atoms with Crippen molar-refractivity contribution < 1.29 is 19.4 Å². The Morgan fingerprint density at radius 1 is 1.22 bits per heavy atom. The molecule has 6 heteroatoms. The van der Waals surface area contributed by atoms with Crippen molar-refractivity contribution in [2.75, 3.05) is 14.2 Å². The Hall–Kier alpha value is -2.08. The van der Waals surface area contributed by atoms with Crippen LogP contribution in [0.1, 0.15) is 57.6 Å². The van der Waals surface area contributed by atoms with Crippen molar-refractivity contribution in [3.05, 3.63) is 29.8 Å². The molecule has 2 aliphatic rings. The summed E-state index contributed by atoms with van der Waals surface area (Å²) in [7, 11) is 3.44. The number of amides is 1. The lowest BCUT2D eigenvalue weighted by Gasteiger charge is -2.34. The van der Waals surface area contributed by atoms with Crippen LogP contribution in [-0.4, -0.2) is 47.1 Å². The number of carbonyl (C=O) groups is 2. The number of aliphatic carboxylic acids is 1. The van der Waals surface area contributed by atoms with Crippen LogP contribution in [0.25, 0.3) is 0 Å². The Bertz CT molecular complexity index is 713. The third-order valence-corrected chi connectivity index (χ3v) is 6.73. The molecule has 1 aromatic carbocycles. The van der Waals surface area contributed by atoms with Crippen LogP contribution in [0.15, 0.2) is 24.3 Å². The third-order valence-electron chi connectivity index (χ3n) is 6.73. The summed E-state index contributed by atoms with van der Waals surface area (Å²) in [5.41, 5.74) is -0.174. The molecule has 3 rings (SSSR count). The van der Waals surface area contributed by atoms with Crippen LogP contribution in [0.5, 0.6) is 5.75 Å². The number of hydrogen-bond acceptors (Lipinski definition) is 4. The highest BCUT2D eigenvalue weighted by molar-refractivity contribution is 5.86. The number of rotatable bonds is 7. The highest BCUT2D eigenvalue weighted by atomic mass is 16.5. The Morgan fingerprint density at radius 3 is 2.30 bits per heavy atom. The van der Waals surface area contributed by atoms with Gasteiger partial charge in [0.2, 0.25) is 5.91 Å². The number of likely N-dealkylation sites (tertiary alicyclic amines) is 1. The molecule has 0 bridgehead atoms. The van der Waals surface area contributed by atoms with Crippen LogP contribution in [-0.2, 0) is 9.59 Å². The smallest absolute Gasteiger partial charge is 0.324 e. The van der Waals surface area contributed by atoms with E-state index >= 15 is 0 Å². The van der Waals surface area contributed by atoms with Crippen molar-refractivity contribution in [1.29, 1.82) is 0 Å². The monoisotopic (exact) mass is 374 g/mol. The van der Waals surface area contributed by atoms with Crippen molar-refractivity contribution in [2.45, 2.75) is 63.1 Å². The van der Waals surface area contributed by atoms with Crippen LogP contribution in [0.3, 0.4) is 0 Å². The number of hydrogen-bond donors (Lipinski definition) is 2. The van der Waals surface area contributed by atoms with Crippen molar-refractivity contribution in [3.63, 3.8) is 0 Å². The van der Waals surface area contributed by atoms with Crippen molar-refractivity contribution in [1.82, 2.24) is 10.2 Å². The zero-order chi connectivity index (χ0) is 19.8. The molecule has 1 amide bonds. The second-order valence-electron chi connectivity index (χ2n) is 7.95. The van der Waals surface area contributed by atoms with E-state index in [1.165, 1.54) is 0 Å². The lowest BCUT2D eigenvalue weighted by molar-refractivity contribution is -0.150. The molecule has 0 radical (unpaired) electrons. The van der Waals surface area contributed by atoms with E-state index in [0.29, 0.717) is 12.8 Å². The molecular weight excluding hydrogens is 344 g/mol. The fourth-order valence-corrected chi connectivity index (χ4v) is 4.50. The van der Waals surface area contributed by atoms with Gasteiger partial charge in [-0.1, -0.05) is 26.0 Å². The van der Waals surface area contributed by atoms with Crippen LogP contribution < -0.4 is 10.1 Å². The van der Waals surface area contributed by atoms with E-state index in [1.54, 1.807) is 7.11 Å². The average Bonchev–Trinajstić information content (AvgIpc) is 3.37. The Morgan fingerprint density at radius 2 is 1.85 bits per heavy atom. The van der Waals surface area contributed by atoms with Gasteiger partial charge in [-0.25, -0.2) is 0 Å². The number of ether oxygens (including phenoxy) is 1. The first-order valence-electron chi connectivity index (χ1n) is 9.75. The van der Waals surface area contributed by atoms with Crippen molar-refractivity contribution in [2.24, 2.45) is 5.92 Å². The van der Waals surface area contributed by atoms with E-state index in [1.807, 2.05) is 43.1 Å². The first-order chi connectivity index (χ1) is 12.8. The van der Waals surface area contributed by atoms with E-state index in [9.17, 15) is 14.7 Å². The molecule has 3 atom stereocenters. The number of carbonyl (C=O) groups excluding carboxylic acids is 1. The van der Waals surface area contributed by atoms with E-state index in [2.05, 4.69) is 12.2 Å². The van der Waals surface area contributed by atoms with Gasteiger partial charge >= 0.3 is 5.97 Å². The molecule has 1 saturated carbocycles. The summed E-state index contributed by atoms with van der Waals surface area (Å²) in [5, 5.41) is 13.2. The van der Waals surface area contributed by atoms with Crippen LogP contribution >= 0.6 is 0 Å². The normalized spacial score (nSPS) is 29.3. The number of carboxylic acid groups (broad SMARTS) is 1. The van der Waals surface area contributed by atoms with Gasteiger partial charge in [0, 0.05) is 11.6 Å². The Balaban J connectivity index is 1.96. The number of benzene rings is 1. The quantitative estimate of drug-likeness (QED) is 0.767. The molecule has 2 fully saturated rings. The molecule has 27 heavy (non-hydrogen) atoms. The van der Waals surface area contributed by atoms with Crippen molar-refractivity contribution >= 4 is 11.9 Å². The maximum atomic E-state index is 13.2. The molecule has 0 spiro atoms. The standard InChI is InChI=1S/C21H30N2O4/c1-5-20(11-12-20)22-18(24)16-13-21(6-2,19(25)26)23(3)17(16)14-7-9-15(27-4)10-8-14/h7-10,16-17H,5-6,11-13H2,1-4H3,(H,22,24)(H,25,26)/t16-,17-,21-/m1/s1. The van der Waals surface area contributed by atoms with Gasteiger partial charge in [-0.2, -0.15) is 0 Å². The summed E-state index contributed by atoms with van der Waals surface area (Å²) in [6.45, 7) is 3.97. The molecule has 0 aromatic heterocycles. The largest absolute Gasteiger partial charge is 0.497 e. The molecule has 0 unspecified atom stereocenters. The van der Waals surface area contributed by atoms with Crippen LogP contribution in [0.4, 0.5) is 0 Å². The number of methoxy groups -OCH3 is 1. The number of carboxylic acids is 1. The Labute approximate surface area is 160 Å². The molecule has 1 aliphatic carbocycles. The van der Waals surface area contributed by atoms with Crippen LogP contribution in [0.2, 0.25) is 0 Å². The summed E-state index contributed by atoms with van der Waals surface area (Å²) in [5.74, 6) is -0.552. The minimum atomic E-state index is -1.03. The summed E-state index contributed by atoms with van der Waals surface area (Å²) in [6, 6.07) is 7.30. The zero-order valence-electron chi connectivity index (χ0n) is 16.6. The molecule has 6 nitrogen and oxygen atoms in total. The number of nitrogens with one attached hydrogen (secondary N) is 1. The lowest BCUT2D eigenvalue weighted by Crippen LogP contribution is -2.48. The molecule has 1 heterocycles. The maximum Gasteiger partial charge on any atom is 0.324 e. The van der Waals surface area contributed by atoms with Gasteiger partial charge in [0.15, 0.2) is 0 Å². The third kappa shape index (κ3) is 3.31. The van der Waals surface area contributed by atoms with E-state index in [4.69, 9.17) is 4.74 Å². The van der Waals surface area contributed by atoms with E-state index in [-0.39, 0.29) is 17.5 Å². The van der Waals surface area contributed by atoms with Gasteiger partial charge in [-0.15, -0.1) is 0 Å². The molecule has 2 N–H and O–H groups in total. The van der Waals surface area contributed by atoms with Crippen LogP contribution in [0, 0.1) is 5.92 Å². The average molecular weight is 374 g/mol. The minimum absolute atomic E-state index is 0.0291. The lowest BCUT2D eigenvalue weighted by atomic mass is 9.86. The summed E-state index contributed by atoms with van der Waals surface area (Å²) < 4.78 is 5.23. The number of likely N-dealkylation sites (N-methyl/N-ethyl adjacent to an activating group) is 1. The topological polar surface area (TPSA) is 78.9 Å². The number of nitrogens with zero attached hydrogens (tertiary/aromatic N) is 1. The first-order valence-corrected chi connectivity index (χ1v) is 9.75. The molecule has 1 aliphatic heterocycles. The predicted molar refractivity (Wildman–Crippen MR) is 103 cm³/mol. The summed E-state index contributed by atoms with van der Waals surface area (Å²) in [4.78, 5) is 27.2. The highest BCUT2D eigenvalue weighted by Gasteiger charge is 2.57. The molecular formula is C21H30N2O4. The van der Waals surface area contributed by atoms with E-state index in [0.717, 1.165) is 30.6 Å². The second kappa shape index (κ2) is 7.15. The van der Waals surface area contributed by atoms with Gasteiger partial charge in [-0.05, 0) is 56.8 Å². The predicted octanol–water partition coefficient (Wildman–Crippen LogP) is 2.98. The van der Waals surface area contributed by atoms with Gasteiger partial charge in [0.25, 0.3) is 0 Å². The van der Waals surface area contributed by atoms with Gasteiger partial charge in [0.1, 0.15) is 11.3 Å². The van der Waals surface area contributed by atoms with Gasteiger partial charge in [0.05, 0.1) is 13.0 Å². The second-order valence-corrected chi connectivity index (χ2v) is 7.95. The summed E-state index contributed by atoms with van der Waals surface area (Å²) >= 11 is 0. The van der Waals surface area contributed by atoms with E-state index < -0.39 is 17.4 Å². The molecule has 1 aromatic rings. The minimum Gasteiger partial charge on any atom is -0.497 e. The first kappa shape index (κ1) is 19.7. The molecule has 1 saturated heterocycles. The SMILES string of the molecule is CCC1(NC(=O)[C@@H]2C[C@](CC)(C(=O)O)N(C)[C@@H]2c2ccc(OC)cc2)CC1. The Kier molecular flexibility index (Phi) is 5.21.